The summed E-state index contributed by atoms with van der Waals surface area (Å²) in [6.07, 6.45) is 4.84. The largest absolute Gasteiger partial charge is 0.348 e. The number of halogens is 3. The van der Waals surface area contributed by atoms with Crippen LogP contribution in [0.3, 0.4) is 0 Å². The Balaban J connectivity index is 2.13. The molecule has 2 heterocycles. The molecular weight excluding hydrogens is 320 g/mol. The number of aromatic nitrogens is 3. The molecule has 2 unspecified atom stereocenters. The number of H-pyrrole nitrogens is 1. The number of benzene rings is 1. The second-order valence-electron chi connectivity index (χ2n) is 5.35. The average Bonchev–Trinajstić information content (AvgIpc) is 3.04. The Bertz CT molecular complexity index is 805. The lowest BCUT2D eigenvalue weighted by molar-refractivity contribution is 0.545. The smallest absolute Gasteiger partial charge is 0.129 e. The third-order valence-electron chi connectivity index (χ3n) is 3.92. The fourth-order valence-electron chi connectivity index (χ4n) is 2.80. The molecule has 0 fully saturated rings. The lowest BCUT2D eigenvalue weighted by Gasteiger charge is -2.24. The highest BCUT2D eigenvalue weighted by Gasteiger charge is 2.27. The van der Waals surface area contributed by atoms with Crippen molar-refractivity contribution in [3.63, 3.8) is 0 Å². The van der Waals surface area contributed by atoms with Gasteiger partial charge in [0.15, 0.2) is 0 Å². The zero-order chi connectivity index (χ0) is 16.4. The molecule has 1 aromatic carbocycles. The van der Waals surface area contributed by atoms with Gasteiger partial charge >= 0.3 is 0 Å². The SMILES string of the molecule is CC(c1cnc[nH]1)C(c1ccnc(Cl)c1)c1ccc(F)cc1F. The zero-order valence-corrected chi connectivity index (χ0v) is 13.1. The molecule has 23 heavy (non-hydrogen) atoms. The second-order valence-corrected chi connectivity index (χ2v) is 5.74. The molecule has 3 rings (SSSR count). The van der Waals surface area contributed by atoms with Gasteiger partial charge in [0, 0.05) is 36.0 Å². The van der Waals surface area contributed by atoms with Crippen LogP contribution in [-0.4, -0.2) is 15.0 Å². The van der Waals surface area contributed by atoms with E-state index < -0.39 is 11.6 Å². The maximum atomic E-state index is 14.4. The summed E-state index contributed by atoms with van der Waals surface area (Å²) in [7, 11) is 0. The lowest BCUT2D eigenvalue weighted by atomic mass is 9.80. The first-order chi connectivity index (χ1) is 11.1. The van der Waals surface area contributed by atoms with Crippen molar-refractivity contribution in [2.75, 3.05) is 0 Å². The van der Waals surface area contributed by atoms with Crippen molar-refractivity contribution >= 4 is 11.6 Å². The Morgan fingerprint density at radius 1 is 1.17 bits per heavy atom. The van der Waals surface area contributed by atoms with Crippen molar-refractivity contribution in [1.29, 1.82) is 0 Å². The zero-order valence-electron chi connectivity index (χ0n) is 12.3. The van der Waals surface area contributed by atoms with Gasteiger partial charge in [-0.3, -0.25) is 0 Å². The predicted octanol–water partition coefficient (Wildman–Crippen LogP) is 4.67. The molecular formula is C17H14ClF2N3. The van der Waals surface area contributed by atoms with Crippen molar-refractivity contribution < 1.29 is 8.78 Å². The van der Waals surface area contributed by atoms with Gasteiger partial charge < -0.3 is 4.98 Å². The van der Waals surface area contributed by atoms with Crippen LogP contribution in [0.5, 0.6) is 0 Å². The molecule has 3 nitrogen and oxygen atoms in total. The molecule has 118 valence electrons. The Morgan fingerprint density at radius 3 is 2.65 bits per heavy atom. The molecule has 0 radical (unpaired) electrons. The molecule has 2 atom stereocenters. The van der Waals surface area contributed by atoms with Gasteiger partial charge in [-0.15, -0.1) is 0 Å². The number of nitrogens with one attached hydrogen (secondary N) is 1. The number of hydrogen-bond donors (Lipinski definition) is 1. The Hall–Kier alpha value is -2.27. The fraction of sp³-hybridized carbons (Fsp3) is 0.176. The third-order valence-corrected chi connectivity index (χ3v) is 4.12. The summed E-state index contributed by atoms with van der Waals surface area (Å²) in [5, 5.41) is 0.326. The summed E-state index contributed by atoms with van der Waals surface area (Å²) in [5.74, 6) is -1.66. The molecule has 0 spiro atoms. The van der Waals surface area contributed by atoms with Gasteiger partial charge in [-0.05, 0) is 29.3 Å². The van der Waals surface area contributed by atoms with Gasteiger partial charge in [0.05, 0.1) is 6.33 Å². The number of aromatic amines is 1. The van der Waals surface area contributed by atoms with E-state index in [-0.39, 0.29) is 11.8 Å². The first-order valence-corrected chi connectivity index (χ1v) is 7.48. The maximum Gasteiger partial charge on any atom is 0.129 e. The first kappa shape index (κ1) is 15.6. The highest BCUT2D eigenvalue weighted by Crippen LogP contribution is 2.39. The molecule has 0 aliphatic carbocycles. The van der Waals surface area contributed by atoms with Crippen LogP contribution >= 0.6 is 11.6 Å². The minimum atomic E-state index is -0.605. The number of imidazole rings is 1. The number of rotatable bonds is 4. The Morgan fingerprint density at radius 2 is 2.00 bits per heavy atom. The Kier molecular flexibility index (Phi) is 4.39. The summed E-state index contributed by atoms with van der Waals surface area (Å²) >= 11 is 5.99. The van der Waals surface area contributed by atoms with Crippen LogP contribution in [0.2, 0.25) is 5.15 Å². The van der Waals surface area contributed by atoms with E-state index in [4.69, 9.17) is 11.6 Å². The average molecular weight is 334 g/mol. The Labute approximate surface area is 137 Å². The molecule has 1 N–H and O–H groups in total. The van der Waals surface area contributed by atoms with Crippen molar-refractivity contribution in [1.82, 2.24) is 15.0 Å². The topological polar surface area (TPSA) is 41.6 Å². The van der Waals surface area contributed by atoms with Crippen LogP contribution in [-0.2, 0) is 0 Å². The highest BCUT2D eigenvalue weighted by molar-refractivity contribution is 6.29. The molecule has 0 aliphatic rings. The van der Waals surface area contributed by atoms with E-state index in [0.717, 1.165) is 17.3 Å². The van der Waals surface area contributed by atoms with E-state index in [2.05, 4.69) is 15.0 Å². The van der Waals surface area contributed by atoms with Crippen LogP contribution in [0.4, 0.5) is 8.78 Å². The van der Waals surface area contributed by atoms with Gasteiger partial charge in [-0.2, -0.15) is 0 Å². The molecule has 0 aliphatic heterocycles. The molecule has 0 amide bonds. The van der Waals surface area contributed by atoms with Crippen LogP contribution in [0.25, 0.3) is 0 Å². The molecule has 0 saturated heterocycles. The quantitative estimate of drug-likeness (QED) is 0.705. The van der Waals surface area contributed by atoms with E-state index in [1.54, 1.807) is 30.9 Å². The van der Waals surface area contributed by atoms with Crippen LogP contribution in [0, 0.1) is 11.6 Å². The van der Waals surface area contributed by atoms with E-state index >= 15 is 0 Å². The van der Waals surface area contributed by atoms with Gasteiger partial charge in [0.25, 0.3) is 0 Å². The van der Waals surface area contributed by atoms with Crippen molar-refractivity contribution in [2.24, 2.45) is 0 Å². The number of nitrogens with zero attached hydrogens (tertiary/aromatic N) is 2. The predicted molar refractivity (Wildman–Crippen MR) is 84.5 cm³/mol. The van der Waals surface area contributed by atoms with E-state index in [9.17, 15) is 8.78 Å². The lowest BCUT2D eigenvalue weighted by Crippen LogP contribution is -2.13. The summed E-state index contributed by atoms with van der Waals surface area (Å²) < 4.78 is 27.6. The minimum Gasteiger partial charge on any atom is -0.348 e. The molecule has 3 aromatic rings. The van der Waals surface area contributed by atoms with Gasteiger partial charge in [-0.25, -0.2) is 18.7 Å². The summed E-state index contributed by atoms with van der Waals surface area (Å²) in [6, 6.07) is 7.10. The molecule has 6 heteroatoms. The first-order valence-electron chi connectivity index (χ1n) is 7.11. The minimum absolute atomic E-state index is 0.115. The number of pyridine rings is 1. The second kappa shape index (κ2) is 6.46. The fourth-order valence-corrected chi connectivity index (χ4v) is 2.98. The van der Waals surface area contributed by atoms with Crippen LogP contribution in [0.15, 0.2) is 49.1 Å². The third kappa shape index (κ3) is 3.24. The summed E-state index contributed by atoms with van der Waals surface area (Å²) in [5.41, 5.74) is 2.06. The van der Waals surface area contributed by atoms with Crippen molar-refractivity contribution in [2.45, 2.75) is 18.8 Å². The monoisotopic (exact) mass is 333 g/mol. The molecule has 2 aromatic heterocycles. The van der Waals surface area contributed by atoms with E-state index in [1.807, 2.05) is 6.92 Å². The normalized spacial score (nSPS) is 13.7. The van der Waals surface area contributed by atoms with Gasteiger partial charge in [0.2, 0.25) is 0 Å². The van der Waals surface area contributed by atoms with Crippen molar-refractivity contribution in [3.05, 3.63) is 82.7 Å². The summed E-state index contributed by atoms with van der Waals surface area (Å²) in [4.78, 5) is 11.0. The molecule has 0 bridgehead atoms. The van der Waals surface area contributed by atoms with E-state index in [0.29, 0.717) is 10.7 Å². The standard InChI is InChI=1S/C17H14ClF2N3/c1-10(15-8-21-9-23-15)17(11-4-5-22-16(18)6-11)13-3-2-12(19)7-14(13)20/h2-10,17H,1H3,(H,21,23). The summed E-state index contributed by atoms with van der Waals surface area (Å²) in [6.45, 7) is 1.95. The van der Waals surface area contributed by atoms with Crippen LogP contribution < -0.4 is 0 Å². The van der Waals surface area contributed by atoms with Crippen molar-refractivity contribution in [3.8, 4) is 0 Å². The van der Waals surface area contributed by atoms with Gasteiger partial charge in [-0.1, -0.05) is 24.6 Å². The number of hydrogen-bond acceptors (Lipinski definition) is 2. The molecule has 0 saturated carbocycles. The van der Waals surface area contributed by atoms with E-state index in [1.165, 1.54) is 12.1 Å². The van der Waals surface area contributed by atoms with Crippen LogP contribution in [0.1, 0.15) is 35.6 Å². The highest BCUT2D eigenvalue weighted by atomic mass is 35.5. The maximum absolute atomic E-state index is 14.4. The van der Waals surface area contributed by atoms with Gasteiger partial charge in [0.1, 0.15) is 16.8 Å².